The van der Waals surface area contributed by atoms with Crippen molar-refractivity contribution in [3.8, 4) is 0 Å². The first-order chi connectivity index (χ1) is 13.7. The molecule has 3 nitrogen and oxygen atoms in total. The zero-order valence-corrected chi connectivity index (χ0v) is 19.6. The van der Waals surface area contributed by atoms with Crippen LogP contribution in [0.2, 0.25) is 0 Å². The van der Waals surface area contributed by atoms with Crippen LogP contribution >= 0.6 is 0 Å². The quantitative estimate of drug-likeness (QED) is 0.140. The number of ether oxygens (including phenoxy) is 1. The smallest absolute Gasteiger partial charge is 0.305 e. The predicted octanol–water partition coefficient (Wildman–Crippen LogP) is 7.52. The maximum absolute atomic E-state index is 11.6. The molecule has 0 unspecified atom stereocenters. The van der Waals surface area contributed by atoms with Gasteiger partial charge in [0, 0.05) is 6.42 Å². The average molecular weight is 398 g/mol. The normalized spacial score (nSPS) is 11.3. The minimum absolute atomic E-state index is 0.00573. The van der Waals surface area contributed by atoms with Gasteiger partial charge in [0.2, 0.25) is 0 Å². The van der Waals surface area contributed by atoms with E-state index in [-0.39, 0.29) is 5.97 Å². The Bertz CT molecular complexity index is 320. The van der Waals surface area contributed by atoms with Crippen molar-refractivity contribution in [2.45, 2.75) is 130 Å². The molecule has 0 atom stereocenters. The minimum Gasteiger partial charge on any atom is -0.466 e. The summed E-state index contributed by atoms with van der Waals surface area (Å²) >= 11 is 0. The molecule has 0 radical (unpaired) electrons. The maximum atomic E-state index is 11.6. The number of carbonyl (C=O) groups excluding carboxylic acids is 1. The van der Waals surface area contributed by atoms with E-state index in [0.717, 1.165) is 32.2 Å². The van der Waals surface area contributed by atoms with E-state index in [4.69, 9.17) is 4.74 Å². The zero-order chi connectivity index (χ0) is 20.7. The van der Waals surface area contributed by atoms with Crippen molar-refractivity contribution in [2.75, 3.05) is 26.2 Å². The van der Waals surface area contributed by atoms with Crippen LogP contribution in [0.1, 0.15) is 130 Å². The van der Waals surface area contributed by atoms with Crippen LogP contribution in [0.15, 0.2) is 0 Å². The second-order valence-corrected chi connectivity index (χ2v) is 8.35. The number of esters is 1. The average Bonchev–Trinajstić information content (AvgIpc) is 2.70. The van der Waals surface area contributed by atoms with Gasteiger partial charge in [-0.2, -0.15) is 0 Å². The molecule has 0 fully saturated rings. The van der Waals surface area contributed by atoms with Crippen LogP contribution in [0.5, 0.6) is 0 Å². The Balaban J connectivity index is 3.41. The fourth-order valence-corrected chi connectivity index (χ4v) is 3.64. The van der Waals surface area contributed by atoms with Gasteiger partial charge < -0.3 is 9.64 Å². The van der Waals surface area contributed by atoms with Gasteiger partial charge in [-0.3, -0.25) is 4.79 Å². The highest BCUT2D eigenvalue weighted by atomic mass is 16.5. The second kappa shape index (κ2) is 22.7. The summed E-state index contributed by atoms with van der Waals surface area (Å²) in [6.07, 6.45) is 21.3. The first kappa shape index (κ1) is 27.4. The summed E-state index contributed by atoms with van der Waals surface area (Å²) < 4.78 is 5.26. The van der Waals surface area contributed by atoms with Crippen molar-refractivity contribution in [1.82, 2.24) is 4.90 Å². The SMILES string of the molecule is CCCCCCCCCCCCN(CC)CCCCCC(=O)OCCCCC. The van der Waals surface area contributed by atoms with E-state index >= 15 is 0 Å². The molecule has 0 aliphatic heterocycles. The van der Waals surface area contributed by atoms with Crippen molar-refractivity contribution in [2.24, 2.45) is 0 Å². The molecule has 0 aromatic rings. The summed E-state index contributed by atoms with van der Waals surface area (Å²) in [6, 6.07) is 0. The third-order valence-electron chi connectivity index (χ3n) is 5.64. The molecule has 0 aliphatic rings. The first-order valence-corrected chi connectivity index (χ1v) is 12.6. The summed E-state index contributed by atoms with van der Waals surface area (Å²) in [4.78, 5) is 14.2. The predicted molar refractivity (Wildman–Crippen MR) is 123 cm³/mol. The van der Waals surface area contributed by atoms with Crippen LogP contribution < -0.4 is 0 Å². The van der Waals surface area contributed by atoms with Gasteiger partial charge in [0.25, 0.3) is 0 Å². The molecule has 0 aliphatic carbocycles. The van der Waals surface area contributed by atoms with Crippen LogP contribution in [0.4, 0.5) is 0 Å². The lowest BCUT2D eigenvalue weighted by Gasteiger charge is -2.20. The van der Waals surface area contributed by atoms with Crippen LogP contribution in [0.3, 0.4) is 0 Å². The van der Waals surface area contributed by atoms with Gasteiger partial charge in [-0.15, -0.1) is 0 Å². The van der Waals surface area contributed by atoms with E-state index < -0.39 is 0 Å². The molecule has 0 aromatic carbocycles. The molecule has 0 saturated carbocycles. The summed E-state index contributed by atoms with van der Waals surface area (Å²) in [5, 5.41) is 0. The largest absolute Gasteiger partial charge is 0.466 e. The number of nitrogens with zero attached hydrogens (tertiary/aromatic N) is 1. The fraction of sp³-hybridized carbons (Fsp3) is 0.960. The highest BCUT2D eigenvalue weighted by Gasteiger charge is 2.05. The molecule has 0 aromatic heterocycles. The molecular formula is C25H51NO2. The monoisotopic (exact) mass is 397 g/mol. The standard InChI is InChI=1S/C25H51NO2/c1-4-7-9-10-11-12-13-14-15-18-22-26(6-3)23-19-16-17-21-25(27)28-24-20-8-5-2/h4-24H2,1-3H3. The van der Waals surface area contributed by atoms with Crippen molar-refractivity contribution < 1.29 is 9.53 Å². The van der Waals surface area contributed by atoms with Crippen LogP contribution in [-0.4, -0.2) is 37.1 Å². The Morgan fingerprint density at radius 3 is 1.61 bits per heavy atom. The lowest BCUT2D eigenvalue weighted by molar-refractivity contribution is -0.143. The molecular weight excluding hydrogens is 346 g/mol. The van der Waals surface area contributed by atoms with E-state index in [2.05, 4.69) is 25.7 Å². The van der Waals surface area contributed by atoms with E-state index in [1.54, 1.807) is 0 Å². The Labute approximate surface area is 177 Å². The molecule has 3 heteroatoms. The van der Waals surface area contributed by atoms with Crippen molar-refractivity contribution in [3.05, 3.63) is 0 Å². The van der Waals surface area contributed by atoms with E-state index in [9.17, 15) is 4.79 Å². The third-order valence-corrected chi connectivity index (χ3v) is 5.64. The highest BCUT2D eigenvalue weighted by molar-refractivity contribution is 5.69. The highest BCUT2D eigenvalue weighted by Crippen LogP contribution is 2.11. The number of hydrogen-bond donors (Lipinski definition) is 0. The minimum atomic E-state index is -0.00573. The molecule has 0 bridgehead atoms. The van der Waals surface area contributed by atoms with E-state index in [0.29, 0.717) is 13.0 Å². The molecule has 0 N–H and O–H groups in total. The lowest BCUT2D eigenvalue weighted by atomic mass is 10.1. The van der Waals surface area contributed by atoms with Crippen molar-refractivity contribution in [3.63, 3.8) is 0 Å². The molecule has 0 spiro atoms. The van der Waals surface area contributed by atoms with Gasteiger partial charge >= 0.3 is 5.97 Å². The maximum Gasteiger partial charge on any atom is 0.305 e. The van der Waals surface area contributed by atoms with Crippen LogP contribution in [-0.2, 0) is 9.53 Å². The lowest BCUT2D eigenvalue weighted by Crippen LogP contribution is -2.25. The fourth-order valence-electron chi connectivity index (χ4n) is 3.64. The van der Waals surface area contributed by atoms with E-state index in [1.807, 2.05) is 0 Å². The van der Waals surface area contributed by atoms with E-state index in [1.165, 1.54) is 90.1 Å². The summed E-state index contributed by atoms with van der Waals surface area (Å²) in [5.74, 6) is -0.00573. The number of carbonyl (C=O) groups is 1. The van der Waals surface area contributed by atoms with Gasteiger partial charge in [0.1, 0.15) is 0 Å². The molecule has 0 amide bonds. The zero-order valence-electron chi connectivity index (χ0n) is 19.6. The van der Waals surface area contributed by atoms with Crippen molar-refractivity contribution in [1.29, 1.82) is 0 Å². The molecule has 0 rings (SSSR count). The first-order valence-electron chi connectivity index (χ1n) is 12.6. The Hall–Kier alpha value is -0.570. The molecule has 28 heavy (non-hydrogen) atoms. The Morgan fingerprint density at radius 1 is 0.607 bits per heavy atom. The van der Waals surface area contributed by atoms with Gasteiger partial charge in [0.05, 0.1) is 6.61 Å². The van der Waals surface area contributed by atoms with Crippen LogP contribution in [0.25, 0.3) is 0 Å². The Kier molecular flexibility index (Phi) is 22.3. The third kappa shape index (κ3) is 20.2. The summed E-state index contributed by atoms with van der Waals surface area (Å²) in [6.45, 7) is 10.9. The van der Waals surface area contributed by atoms with Gasteiger partial charge in [0.15, 0.2) is 0 Å². The second-order valence-electron chi connectivity index (χ2n) is 8.35. The van der Waals surface area contributed by atoms with Gasteiger partial charge in [-0.25, -0.2) is 0 Å². The molecule has 0 saturated heterocycles. The van der Waals surface area contributed by atoms with Crippen molar-refractivity contribution >= 4 is 5.97 Å². The number of unbranched alkanes of at least 4 members (excludes halogenated alkanes) is 13. The topological polar surface area (TPSA) is 29.5 Å². The number of hydrogen-bond acceptors (Lipinski definition) is 3. The number of rotatable bonds is 22. The summed E-state index contributed by atoms with van der Waals surface area (Å²) in [7, 11) is 0. The summed E-state index contributed by atoms with van der Waals surface area (Å²) in [5.41, 5.74) is 0. The van der Waals surface area contributed by atoms with Crippen LogP contribution in [0, 0.1) is 0 Å². The van der Waals surface area contributed by atoms with Gasteiger partial charge in [-0.1, -0.05) is 97.8 Å². The van der Waals surface area contributed by atoms with Gasteiger partial charge in [-0.05, 0) is 45.3 Å². The molecule has 0 heterocycles. The molecule has 168 valence electrons. The Morgan fingerprint density at radius 2 is 1.07 bits per heavy atom.